The normalized spacial score (nSPS) is 26.9. The van der Waals surface area contributed by atoms with Gasteiger partial charge in [0.15, 0.2) is 0 Å². The van der Waals surface area contributed by atoms with Crippen LogP contribution < -0.4 is 0 Å². The summed E-state index contributed by atoms with van der Waals surface area (Å²) in [7, 11) is 2.19. The highest BCUT2D eigenvalue weighted by Gasteiger charge is 2.13. The standard InChI is InChI=1S/C11H19N/c1-4-6-11-9-12(3)8-7-10(11)5-2/h5-6H,4,7-9H2,1-3H3/b10-5-,11-6-. The van der Waals surface area contributed by atoms with Crippen molar-refractivity contribution < 1.29 is 0 Å². The predicted molar refractivity (Wildman–Crippen MR) is 54.2 cm³/mol. The van der Waals surface area contributed by atoms with Gasteiger partial charge >= 0.3 is 0 Å². The lowest BCUT2D eigenvalue weighted by Gasteiger charge is -2.27. The van der Waals surface area contributed by atoms with Gasteiger partial charge in [-0.1, -0.05) is 19.1 Å². The van der Waals surface area contributed by atoms with E-state index in [2.05, 4.69) is 37.9 Å². The van der Waals surface area contributed by atoms with Crippen molar-refractivity contribution in [1.82, 2.24) is 4.90 Å². The Balaban J connectivity index is 2.71. The maximum Gasteiger partial charge on any atom is 0.0230 e. The van der Waals surface area contributed by atoms with E-state index in [4.69, 9.17) is 0 Å². The summed E-state index contributed by atoms with van der Waals surface area (Å²) in [5.41, 5.74) is 3.09. The Kier molecular flexibility index (Phi) is 3.54. The lowest BCUT2D eigenvalue weighted by Crippen LogP contribution is -2.28. The van der Waals surface area contributed by atoms with Crippen LogP contribution >= 0.6 is 0 Å². The summed E-state index contributed by atoms with van der Waals surface area (Å²) in [6, 6.07) is 0. The van der Waals surface area contributed by atoms with Gasteiger partial charge in [0.25, 0.3) is 0 Å². The molecule has 1 fully saturated rings. The highest BCUT2D eigenvalue weighted by molar-refractivity contribution is 5.33. The molecule has 0 spiro atoms. The lowest BCUT2D eigenvalue weighted by atomic mass is 9.97. The van der Waals surface area contributed by atoms with Crippen molar-refractivity contribution in [3.63, 3.8) is 0 Å². The summed E-state index contributed by atoms with van der Waals surface area (Å²) in [6.45, 7) is 6.69. The first kappa shape index (κ1) is 9.53. The van der Waals surface area contributed by atoms with Crippen LogP contribution in [0.3, 0.4) is 0 Å². The monoisotopic (exact) mass is 165 g/mol. The van der Waals surface area contributed by atoms with Crippen molar-refractivity contribution in [2.75, 3.05) is 20.1 Å². The lowest BCUT2D eigenvalue weighted by molar-refractivity contribution is 0.347. The molecule has 0 aromatic rings. The quantitative estimate of drug-likeness (QED) is 0.577. The van der Waals surface area contributed by atoms with Crippen molar-refractivity contribution in [1.29, 1.82) is 0 Å². The van der Waals surface area contributed by atoms with E-state index in [0.717, 1.165) is 13.0 Å². The van der Waals surface area contributed by atoms with Crippen LogP contribution in [0.25, 0.3) is 0 Å². The third-order valence-corrected chi connectivity index (χ3v) is 2.41. The van der Waals surface area contributed by atoms with Gasteiger partial charge in [-0.2, -0.15) is 0 Å². The minimum atomic E-state index is 1.13. The zero-order valence-corrected chi connectivity index (χ0v) is 8.43. The van der Waals surface area contributed by atoms with E-state index < -0.39 is 0 Å². The number of piperidine rings is 1. The number of hydrogen-bond donors (Lipinski definition) is 0. The number of likely N-dealkylation sites (N-methyl/N-ethyl adjacent to an activating group) is 1. The number of nitrogens with zero attached hydrogens (tertiary/aromatic N) is 1. The Morgan fingerprint density at radius 2 is 2.17 bits per heavy atom. The van der Waals surface area contributed by atoms with Gasteiger partial charge in [-0.25, -0.2) is 0 Å². The topological polar surface area (TPSA) is 3.24 Å². The summed E-state index contributed by atoms with van der Waals surface area (Å²) < 4.78 is 0. The molecule has 1 saturated heterocycles. The van der Waals surface area contributed by atoms with E-state index in [1.54, 1.807) is 5.57 Å². The van der Waals surface area contributed by atoms with Crippen molar-refractivity contribution in [2.24, 2.45) is 0 Å². The maximum absolute atomic E-state index is 2.38. The first-order valence-electron chi connectivity index (χ1n) is 4.81. The Morgan fingerprint density at radius 3 is 2.75 bits per heavy atom. The van der Waals surface area contributed by atoms with Crippen molar-refractivity contribution in [3.05, 3.63) is 23.3 Å². The molecule has 1 heterocycles. The molecule has 0 N–H and O–H groups in total. The molecule has 0 saturated carbocycles. The predicted octanol–water partition coefficient (Wildman–Crippen LogP) is 2.60. The highest BCUT2D eigenvalue weighted by Crippen LogP contribution is 2.21. The molecule has 1 heteroatoms. The number of allylic oxidation sites excluding steroid dienone is 2. The molecule has 1 aliphatic rings. The molecule has 0 radical (unpaired) electrons. The molecule has 1 nitrogen and oxygen atoms in total. The second kappa shape index (κ2) is 4.46. The third kappa shape index (κ3) is 2.21. The number of hydrogen-bond acceptors (Lipinski definition) is 1. The van der Waals surface area contributed by atoms with Gasteiger partial charge in [0.05, 0.1) is 0 Å². The van der Waals surface area contributed by atoms with E-state index >= 15 is 0 Å². The molecule has 0 unspecified atom stereocenters. The maximum atomic E-state index is 2.38. The molecular weight excluding hydrogens is 146 g/mol. The van der Waals surface area contributed by atoms with Crippen LogP contribution in [0.15, 0.2) is 23.3 Å². The van der Waals surface area contributed by atoms with Crippen LogP contribution in [0.1, 0.15) is 26.7 Å². The number of rotatable bonds is 1. The summed E-state index contributed by atoms with van der Waals surface area (Å²) >= 11 is 0. The largest absolute Gasteiger partial charge is 0.302 e. The van der Waals surface area contributed by atoms with Crippen LogP contribution in [-0.4, -0.2) is 25.0 Å². The fourth-order valence-electron chi connectivity index (χ4n) is 1.72. The van der Waals surface area contributed by atoms with Crippen LogP contribution in [0.2, 0.25) is 0 Å². The molecule has 1 aliphatic heterocycles. The molecule has 0 aromatic carbocycles. The van der Waals surface area contributed by atoms with Gasteiger partial charge < -0.3 is 4.90 Å². The van der Waals surface area contributed by atoms with Crippen LogP contribution in [-0.2, 0) is 0 Å². The zero-order valence-electron chi connectivity index (χ0n) is 8.43. The van der Waals surface area contributed by atoms with Crippen LogP contribution in [0.4, 0.5) is 0 Å². The van der Waals surface area contributed by atoms with Gasteiger partial charge in [0, 0.05) is 13.1 Å². The van der Waals surface area contributed by atoms with E-state index in [0.29, 0.717) is 0 Å². The minimum Gasteiger partial charge on any atom is -0.302 e. The molecule has 68 valence electrons. The smallest absolute Gasteiger partial charge is 0.0230 e. The zero-order chi connectivity index (χ0) is 8.97. The molecule has 0 bridgehead atoms. The number of likely N-dealkylation sites (tertiary alicyclic amines) is 1. The second-order valence-corrected chi connectivity index (χ2v) is 3.44. The summed E-state index contributed by atoms with van der Waals surface area (Å²) in [5, 5.41) is 0. The molecule has 0 atom stereocenters. The molecule has 0 aromatic heterocycles. The Bertz CT molecular complexity index is 201. The van der Waals surface area contributed by atoms with Gasteiger partial charge in [0.2, 0.25) is 0 Å². The molecule has 1 rings (SSSR count). The van der Waals surface area contributed by atoms with Gasteiger partial charge in [-0.15, -0.1) is 0 Å². The summed E-state index contributed by atoms with van der Waals surface area (Å²) in [6.07, 6.45) is 6.98. The van der Waals surface area contributed by atoms with E-state index in [9.17, 15) is 0 Å². The van der Waals surface area contributed by atoms with E-state index in [1.807, 2.05) is 0 Å². The molecule has 12 heavy (non-hydrogen) atoms. The average Bonchev–Trinajstić information content (AvgIpc) is 2.05. The highest BCUT2D eigenvalue weighted by atomic mass is 15.1. The van der Waals surface area contributed by atoms with E-state index in [1.165, 1.54) is 18.5 Å². The summed E-state index contributed by atoms with van der Waals surface area (Å²) in [5.74, 6) is 0. The second-order valence-electron chi connectivity index (χ2n) is 3.44. The molecule has 0 aliphatic carbocycles. The Morgan fingerprint density at radius 1 is 1.42 bits per heavy atom. The minimum absolute atomic E-state index is 1.13. The van der Waals surface area contributed by atoms with Gasteiger partial charge in [-0.05, 0) is 38.0 Å². The summed E-state index contributed by atoms with van der Waals surface area (Å²) in [4.78, 5) is 2.38. The average molecular weight is 165 g/mol. The van der Waals surface area contributed by atoms with Crippen LogP contribution in [0, 0.1) is 0 Å². The fraction of sp³-hybridized carbons (Fsp3) is 0.636. The van der Waals surface area contributed by atoms with Gasteiger partial charge in [0.1, 0.15) is 0 Å². The fourth-order valence-corrected chi connectivity index (χ4v) is 1.72. The third-order valence-electron chi connectivity index (χ3n) is 2.41. The Labute approximate surface area is 75.8 Å². The van der Waals surface area contributed by atoms with E-state index in [-0.39, 0.29) is 0 Å². The molecule has 0 amide bonds. The molecular formula is C11H19N. The first-order chi connectivity index (χ1) is 5.77. The van der Waals surface area contributed by atoms with Crippen molar-refractivity contribution in [3.8, 4) is 0 Å². The SMILES string of the molecule is C/C=C1/CCN(C)C/C1=C/CC. The first-order valence-corrected chi connectivity index (χ1v) is 4.81. The van der Waals surface area contributed by atoms with Crippen molar-refractivity contribution >= 4 is 0 Å². The van der Waals surface area contributed by atoms with Crippen molar-refractivity contribution in [2.45, 2.75) is 26.7 Å². The Hall–Kier alpha value is -0.560. The van der Waals surface area contributed by atoms with Gasteiger partial charge in [-0.3, -0.25) is 0 Å². The van der Waals surface area contributed by atoms with Crippen LogP contribution in [0.5, 0.6) is 0 Å².